The van der Waals surface area contributed by atoms with Gasteiger partial charge in [0.1, 0.15) is 17.5 Å². The molecule has 0 fully saturated rings. The standard InChI is InChI=1S/C18H17N3O4S/c1-10-14-17(20-9-21(2)18(14)23)26-15(10)16(22)19-7-11-8-24-12-5-3-4-6-13(12)25-11/h3-6,9,11H,7-8H2,1-2H3,(H,19,22). The van der Waals surface area contributed by atoms with Crippen molar-refractivity contribution in [2.45, 2.75) is 13.0 Å². The molecule has 8 heteroatoms. The van der Waals surface area contributed by atoms with Crippen LogP contribution in [0.4, 0.5) is 0 Å². The van der Waals surface area contributed by atoms with E-state index >= 15 is 0 Å². The van der Waals surface area contributed by atoms with Crippen molar-refractivity contribution >= 4 is 27.5 Å². The molecular weight excluding hydrogens is 354 g/mol. The monoisotopic (exact) mass is 371 g/mol. The highest BCUT2D eigenvalue weighted by molar-refractivity contribution is 7.20. The fourth-order valence-corrected chi connectivity index (χ4v) is 3.93. The van der Waals surface area contributed by atoms with E-state index in [-0.39, 0.29) is 17.6 Å². The maximum atomic E-state index is 12.6. The van der Waals surface area contributed by atoms with E-state index < -0.39 is 0 Å². The third kappa shape index (κ3) is 2.82. The number of benzene rings is 1. The largest absolute Gasteiger partial charge is 0.486 e. The quantitative estimate of drug-likeness (QED) is 0.760. The summed E-state index contributed by atoms with van der Waals surface area (Å²) in [5.74, 6) is 1.14. The molecule has 26 heavy (non-hydrogen) atoms. The van der Waals surface area contributed by atoms with Crippen LogP contribution in [0.15, 0.2) is 35.4 Å². The Morgan fingerprint density at radius 2 is 2.15 bits per heavy atom. The molecule has 0 aliphatic carbocycles. The predicted molar refractivity (Wildman–Crippen MR) is 98.3 cm³/mol. The highest BCUT2D eigenvalue weighted by Crippen LogP contribution is 2.31. The number of amides is 1. The molecule has 3 heterocycles. The lowest BCUT2D eigenvalue weighted by atomic mass is 10.2. The number of aromatic nitrogens is 2. The van der Waals surface area contributed by atoms with Crippen molar-refractivity contribution in [3.05, 3.63) is 51.4 Å². The van der Waals surface area contributed by atoms with Gasteiger partial charge in [-0.15, -0.1) is 11.3 Å². The molecule has 0 radical (unpaired) electrons. The van der Waals surface area contributed by atoms with Crippen LogP contribution in [-0.4, -0.2) is 34.7 Å². The van der Waals surface area contributed by atoms with Crippen LogP contribution in [0, 0.1) is 6.92 Å². The molecule has 4 rings (SSSR count). The Morgan fingerprint density at radius 1 is 1.38 bits per heavy atom. The van der Waals surface area contributed by atoms with Gasteiger partial charge < -0.3 is 19.4 Å². The summed E-state index contributed by atoms with van der Waals surface area (Å²) in [5, 5.41) is 3.36. The molecule has 3 aromatic rings. The van der Waals surface area contributed by atoms with Crippen molar-refractivity contribution in [2.75, 3.05) is 13.2 Å². The average molecular weight is 371 g/mol. The minimum atomic E-state index is -0.269. The Hall–Kier alpha value is -2.87. The summed E-state index contributed by atoms with van der Waals surface area (Å²) < 4.78 is 12.9. The van der Waals surface area contributed by atoms with E-state index in [1.54, 1.807) is 14.0 Å². The fourth-order valence-electron chi connectivity index (χ4n) is 2.88. The second kappa shape index (κ2) is 6.45. The molecule has 7 nitrogen and oxygen atoms in total. The van der Waals surface area contributed by atoms with Gasteiger partial charge in [0.15, 0.2) is 11.5 Å². The van der Waals surface area contributed by atoms with E-state index in [0.717, 1.165) is 0 Å². The number of nitrogens with one attached hydrogen (secondary N) is 1. The summed E-state index contributed by atoms with van der Waals surface area (Å²) in [6.07, 6.45) is 1.20. The van der Waals surface area contributed by atoms with Crippen LogP contribution < -0.4 is 20.3 Å². The minimum absolute atomic E-state index is 0.150. The zero-order valence-corrected chi connectivity index (χ0v) is 15.1. The first kappa shape index (κ1) is 16.6. The molecule has 1 N–H and O–H groups in total. The number of nitrogens with zero attached hydrogens (tertiary/aromatic N) is 2. The maximum absolute atomic E-state index is 12.6. The van der Waals surface area contributed by atoms with Gasteiger partial charge in [0.2, 0.25) is 0 Å². The lowest BCUT2D eigenvalue weighted by Crippen LogP contribution is -2.40. The van der Waals surface area contributed by atoms with E-state index in [0.29, 0.717) is 45.3 Å². The van der Waals surface area contributed by atoms with Gasteiger partial charge >= 0.3 is 0 Å². The van der Waals surface area contributed by atoms with Gasteiger partial charge in [-0.25, -0.2) is 4.98 Å². The fraction of sp³-hybridized carbons (Fsp3) is 0.278. The highest BCUT2D eigenvalue weighted by Gasteiger charge is 2.23. The third-order valence-electron chi connectivity index (χ3n) is 4.27. The summed E-state index contributed by atoms with van der Waals surface area (Å²) in [5.41, 5.74) is 0.505. The molecule has 0 spiro atoms. The maximum Gasteiger partial charge on any atom is 0.262 e. The number of hydrogen-bond donors (Lipinski definition) is 1. The summed E-state index contributed by atoms with van der Waals surface area (Å²) in [7, 11) is 1.64. The van der Waals surface area contributed by atoms with E-state index in [1.807, 2.05) is 24.3 Å². The van der Waals surface area contributed by atoms with Gasteiger partial charge in [-0.2, -0.15) is 0 Å². The normalized spacial score (nSPS) is 15.8. The van der Waals surface area contributed by atoms with Crippen LogP contribution >= 0.6 is 11.3 Å². The number of carbonyl (C=O) groups is 1. The Labute approximate surface area is 153 Å². The van der Waals surface area contributed by atoms with Crippen LogP contribution in [-0.2, 0) is 7.05 Å². The molecule has 0 bridgehead atoms. The second-order valence-electron chi connectivity index (χ2n) is 6.10. The zero-order chi connectivity index (χ0) is 18.3. The summed E-state index contributed by atoms with van der Waals surface area (Å²) >= 11 is 1.22. The van der Waals surface area contributed by atoms with Crippen LogP contribution in [0.3, 0.4) is 0 Å². The molecule has 1 aliphatic rings. The van der Waals surface area contributed by atoms with Gasteiger partial charge in [0.25, 0.3) is 11.5 Å². The molecule has 1 unspecified atom stereocenters. The second-order valence-corrected chi connectivity index (χ2v) is 7.10. The summed E-state index contributed by atoms with van der Waals surface area (Å²) in [6, 6.07) is 7.43. The van der Waals surface area contributed by atoms with Crippen molar-refractivity contribution in [2.24, 2.45) is 7.05 Å². The van der Waals surface area contributed by atoms with Gasteiger partial charge in [-0.3, -0.25) is 9.59 Å². The molecule has 2 aromatic heterocycles. The number of aryl methyl sites for hydroxylation is 2. The van der Waals surface area contributed by atoms with E-state index in [4.69, 9.17) is 9.47 Å². The molecule has 1 aromatic carbocycles. The lowest BCUT2D eigenvalue weighted by molar-refractivity contribution is 0.0791. The molecule has 1 atom stereocenters. The Kier molecular flexibility index (Phi) is 4.12. The first-order valence-corrected chi connectivity index (χ1v) is 8.97. The highest BCUT2D eigenvalue weighted by atomic mass is 32.1. The van der Waals surface area contributed by atoms with Crippen molar-refractivity contribution in [1.29, 1.82) is 0 Å². The molecule has 0 saturated heterocycles. The van der Waals surface area contributed by atoms with Gasteiger partial charge in [0.05, 0.1) is 23.1 Å². The summed E-state index contributed by atoms with van der Waals surface area (Å²) in [4.78, 5) is 30.2. The Balaban J connectivity index is 1.49. The Morgan fingerprint density at radius 3 is 2.96 bits per heavy atom. The number of rotatable bonds is 3. The molecular formula is C18H17N3O4S. The van der Waals surface area contributed by atoms with Crippen molar-refractivity contribution in [1.82, 2.24) is 14.9 Å². The Bertz CT molecular complexity index is 1060. The van der Waals surface area contributed by atoms with E-state index in [2.05, 4.69) is 10.3 Å². The van der Waals surface area contributed by atoms with Crippen LogP contribution in [0.25, 0.3) is 10.2 Å². The molecule has 1 amide bonds. The molecule has 1 aliphatic heterocycles. The van der Waals surface area contributed by atoms with Gasteiger partial charge in [-0.1, -0.05) is 12.1 Å². The number of para-hydroxylation sites is 2. The number of hydrogen-bond acceptors (Lipinski definition) is 6. The molecule has 0 saturated carbocycles. The van der Waals surface area contributed by atoms with Gasteiger partial charge in [0, 0.05) is 7.05 Å². The third-order valence-corrected chi connectivity index (χ3v) is 5.47. The van der Waals surface area contributed by atoms with Crippen molar-refractivity contribution < 1.29 is 14.3 Å². The van der Waals surface area contributed by atoms with Crippen LogP contribution in [0.1, 0.15) is 15.2 Å². The SMILES string of the molecule is Cc1c(C(=O)NCC2COc3ccccc3O2)sc2ncn(C)c(=O)c12. The molecule has 134 valence electrons. The van der Waals surface area contributed by atoms with Crippen LogP contribution in [0.2, 0.25) is 0 Å². The van der Waals surface area contributed by atoms with E-state index in [1.165, 1.54) is 22.2 Å². The predicted octanol–water partition coefficient (Wildman–Crippen LogP) is 1.87. The van der Waals surface area contributed by atoms with Gasteiger partial charge in [-0.05, 0) is 24.6 Å². The smallest absolute Gasteiger partial charge is 0.262 e. The average Bonchev–Trinajstić information content (AvgIpc) is 3.00. The van der Waals surface area contributed by atoms with Crippen LogP contribution in [0.5, 0.6) is 11.5 Å². The van der Waals surface area contributed by atoms with E-state index in [9.17, 15) is 9.59 Å². The number of fused-ring (bicyclic) bond motifs is 2. The minimum Gasteiger partial charge on any atom is -0.486 e. The zero-order valence-electron chi connectivity index (χ0n) is 14.3. The lowest BCUT2D eigenvalue weighted by Gasteiger charge is -2.26. The number of carbonyl (C=O) groups excluding carboxylic acids is 1. The van der Waals surface area contributed by atoms with Crippen molar-refractivity contribution in [3.8, 4) is 11.5 Å². The van der Waals surface area contributed by atoms with Crippen molar-refractivity contribution in [3.63, 3.8) is 0 Å². The first-order chi connectivity index (χ1) is 12.5. The summed E-state index contributed by atoms with van der Waals surface area (Å²) in [6.45, 7) is 2.45. The number of thiophene rings is 1. The topological polar surface area (TPSA) is 82.4 Å². The first-order valence-electron chi connectivity index (χ1n) is 8.16. The number of ether oxygens (including phenoxy) is 2.